The third-order valence-electron chi connectivity index (χ3n) is 4.28. The van der Waals surface area contributed by atoms with Gasteiger partial charge in [0, 0.05) is 26.1 Å². The molecule has 0 heterocycles. The molecule has 0 saturated heterocycles. The number of carbonyl (C=O) groups excluding carboxylic acids is 2. The first-order valence-electron chi connectivity index (χ1n) is 8.61. The van der Waals surface area contributed by atoms with E-state index in [1.54, 1.807) is 11.9 Å². The van der Waals surface area contributed by atoms with E-state index in [-0.39, 0.29) is 36.8 Å². The van der Waals surface area contributed by atoms with E-state index < -0.39 is 0 Å². The molecule has 25 heavy (non-hydrogen) atoms. The molecular weight excluding hydrogens is 338 g/mol. The maximum absolute atomic E-state index is 12.0. The lowest BCUT2D eigenvalue weighted by atomic mass is 10.0. The van der Waals surface area contributed by atoms with E-state index in [4.69, 9.17) is 5.73 Å². The van der Waals surface area contributed by atoms with E-state index in [1.165, 1.54) is 5.56 Å². The Morgan fingerprint density at radius 2 is 1.80 bits per heavy atom. The minimum Gasteiger partial charge on any atom is -0.347 e. The first kappa shape index (κ1) is 23.4. The Morgan fingerprint density at radius 3 is 2.36 bits per heavy atom. The van der Waals surface area contributed by atoms with Gasteiger partial charge in [0.1, 0.15) is 0 Å². The minimum atomic E-state index is -0.101. The first-order chi connectivity index (χ1) is 11.3. The van der Waals surface area contributed by atoms with Gasteiger partial charge in [-0.3, -0.25) is 9.59 Å². The highest BCUT2D eigenvalue weighted by atomic mass is 35.5. The van der Waals surface area contributed by atoms with E-state index >= 15 is 0 Å². The Kier molecular flexibility index (Phi) is 11.1. The number of benzene rings is 1. The second-order valence-electron chi connectivity index (χ2n) is 6.77. The monoisotopic (exact) mass is 369 g/mol. The van der Waals surface area contributed by atoms with Crippen LogP contribution in [0.4, 0.5) is 0 Å². The molecule has 0 aromatic heterocycles. The zero-order valence-corrected chi connectivity index (χ0v) is 16.6. The largest absolute Gasteiger partial charge is 0.347 e. The van der Waals surface area contributed by atoms with Gasteiger partial charge < -0.3 is 16.0 Å². The maximum atomic E-state index is 12.0. The smallest absolute Gasteiger partial charge is 0.241 e. The summed E-state index contributed by atoms with van der Waals surface area (Å²) in [4.78, 5) is 25.5. The molecule has 0 bridgehead atoms. The zero-order valence-electron chi connectivity index (χ0n) is 15.7. The van der Waals surface area contributed by atoms with Crippen molar-refractivity contribution in [2.75, 3.05) is 20.1 Å². The Labute approximate surface area is 157 Å². The van der Waals surface area contributed by atoms with Gasteiger partial charge in [0.25, 0.3) is 0 Å². The van der Waals surface area contributed by atoms with E-state index in [9.17, 15) is 9.59 Å². The van der Waals surface area contributed by atoms with E-state index in [0.29, 0.717) is 25.3 Å². The molecule has 0 fully saturated rings. The minimum absolute atomic E-state index is 0. The highest BCUT2D eigenvalue weighted by Gasteiger charge is 2.13. The van der Waals surface area contributed by atoms with Gasteiger partial charge in [-0.1, -0.05) is 43.7 Å². The van der Waals surface area contributed by atoms with E-state index in [1.807, 2.05) is 31.2 Å². The second kappa shape index (κ2) is 11.9. The average molecular weight is 370 g/mol. The summed E-state index contributed by atoms with van der Waals surface area (Å²) in [7, 11) is 1.74. The van der Waals surface area contributed by atoms with Crippen molar-refractivity contribution >= 4 is 24.2 Å². The van der Waals surface area contributed by atoms with Crippen molar-refractivity contribution in [1.29, 1.82) is 0 Å². The number of nitrogens with two attached hydrogens (primary N) is 1. The molecule has 3 N–H and O–H groups in total. The third-order valence-corrected chi connectivity index (χ3v) is 4.28. The van der Waals surface area contributed by atoms with Crippen molar-refractivity contribution < 1.29 is 9.59 Å². The van der Waals surface area contributed by atoms with Crippen LogP contribution in [0.1, 0.15) is 37.8 Å². The highest BCUT2D eigenvalue weighted by molar-refractivity contribution is 5.85. The van der Waals surface area contributed by atoms with Crippen LogP contribution in [0.25, 0.3) is 0 Å². The van der Waals surface area contributed by atoms with Gasteiger partial charge in [0.15, 0.2) is 0 Å². The van der Waals surface area contributed by atoms with Gasteiger partial charge in [-0.2, -0.15) is 0 Å². The van der Waals surface area contributed by atoms with Crippen molar-refractivity contribution in [1.82, 2.24) is 10.2 Å². The topological polar surface area (TPSA) is 75.4 Å². The molecule has 1 aromatic rings. The summed E-state index contributed by atoms with van der Waals surface area (Å²) < 4.78 is 0. The summed E-state index contributed by atoms with van der Waals surface area (Å²) in [5.41, 5.74) is 8.31. The molecule has 1 aromatic carbocycles. The van der Waals surface area contributed by atoms with Gasteiger partial charge in [0.05, 0.1) is 6.54 Å². The number of halogens is 1. The number of nitrogens with one attached hydrogen (secondary N) is 1. The summed E-state index contributed by atoms with van der Waals surface area (Å²) in [6, 6.07) is 8.21. The second-order valence-corrected chi connectivity index (χ2v) is 6.77. The lowest BCUT2D eigenvalue weighted by Crippen LogP contribution is -2.40. The summed E-state index contributed by atoms with van der Waals surface area (Å²) in [5.74, 6) is 0.209. The van der Waals surface area contributed by atoms with Crippen LogP contribution < -0.4 is 11.1 Å². The van der Waals surface area contributed by atoms with Crippen LogP contribution in [-0.4, -0.2) is 42.9 Å². The number of hydrogen-bond acceptors (Lipinski definition) is 3. The SMILES string of the molecule is Cc1ccc(CCC(=O)NCC(=O)N(C)CCC(N)C(C)C)cc1.Cl. The molecule has 0 saturated carbocycles. The molecular formula is C19H32ClN3O2. The van der Waals surface area contributed by atoms with Crippen molar-refractivity contribution in [2.24, 2.45) is 11.7 Å². The molecule has 0 radical (unpaired) electrons. The van der Waals surface area contributed by atoms with Crippen molar-refractivity contribution in [2.45, 2.75) is 46.1 Å². The Bertz CT molecular complexity index is 532. The molecule has 0 aliphatic heterocycles. The van der Waals surface area contributed by atoms with Crippen molar-refractivity contribution in [3.05, 3.63) is 35.4 Å². The summed E-state index contributed by atoms with van der Waals surface area (Å²) in [6.45, 7) is 6.83. The summed E-state index contributed by atoms with van der Waals surface area (Å²) in [5, 5.41) is 2.69. The molecule has 5 nitrogen and oxygen atoms in total. The molecule has 0 aliphatic carbocycles. The first-order valence-corrected chi connectivity index (χ1v) is 8.61. The molecule has 2 amide bonds. The lowest BCUT2D eigenvalue weighted by molar-refractivity contribution is -0.131. The van der Waals surface area contributed by atoms with Crippen molar-refractivity contribution in [3.63, 3.8) is 0 Å². The molecule has 1 unspecified atom stereocenters. The molecule has 1 atom stereocenters. The number of likely N-dealkylation sites (N-methyl/N-ethyl adjacent to an activating group) is 1. The molecule has 6 heteroatoms. The number of amides is 2. The van der Waals surface area contributed by atoms with Gasteiger partial charge in [-0.15, -0.1) is 12.4 Å². The average Bonchev–Trinajstić information content (AvgIpc) is 2.56. The molecule has 1 rings (SSSR count). The van der Waals surface area contributed by atoms with Gasteiger partial charge in [-0.05, 0) is 31.2 Å². The van der Waals surface area contributed by atoms with Crippen LogP contribution in [-0.2, 0) is 16.0 Å². The quantitative estimate of drug-likeness (QED) is 0.701. The Morgan fingerprint density at radius 1 is 1.20 bits per heavy atom. The number of rotatable bonds is 9. The van der Waals surface area contributed by atoms with Crippen LogP contribution in [0.15, 0.2) is 24.3 Å². The molecule has 142 valence electrons. The van der Waals surface area contributed by atoms with Crippen LogP contribution in [0.2, 0.25) is 0 Å². The lowest BCUT2D eigenvalue weighted by Gasteiger charge is -2.21. The van der Waals surface area contributed by atoms with E-state index in [2.05, 4.69) is 19.2 Å². The van der Waals surface area contributed by atoms with Gasteiger partial charge in [-0.25, -0.2) is 0 Å². The normalized spacial score (nSPS) is 11.6. The predicted molar refractivity (Wildman–Crippen MR) is 105 cm³/mol. The number of nitrogens with zero attached hydrogens (tertiary/aromatic N) is 1. The fraction of sp³-hybridized carbons (Fsp3) is 0.579. The fourth-order valence-electron chi connectivity index (χ4n) is 2.21. The Hall–Kier alpha value is -1.59. The van der Waals surface area contributed by atoms with Crippen LogP contribution in [0, 0.1) is 12.8 Å². The van der Waals surface area contributed by atoms with Crippen LogP contribution in [0.3, 0.4) is 0 Å². The standard InChI is InChI=1S/C19H31N3O2.ClH/c1-14(2)17(20)11-12-22(4)19(24)13-21-18(23)10-9-16-7-5-15(3)6-8-16;/h5-8,14,17H,9-13,20H2,1-4H3,(H,21,23);1H. The van der Waals surface area contributed by atoms with Gasteiger partial charge in [0.2, 0.25) is 11.8 Å². The van der Waals surface area contributed by atoms with Crippen LogP contribution >= 0.6 is 12.4 Å². The fourth-order valence-corrected chi connectivity index (χ4v) is 2.21. The zero-order chi connectivity index (χ0) is 18.1. The molecule has 0 spiro atoms. The number of hydrogen-bond donors (Lipinski definition) is 2. The van der Waals surface area contributed by atoms with Gasteiger partial charge >= 0.3 is 0 Å². The van der Waals surface area contributed by atoms with E-state index in [0.717, 1.165) is 12.0 Å². The highest BCUT2D eigenvalue weighted by Crippen LogP contribution is 2.06. The maximum Gasteiger partial charge on any atom is 0.241 e. The number of carbonyl (C=O) groups is 2. The molecule has 0 aliphatic rings. The predicted octanol–water partition coefficient (Wildman–Crippen LogP) is 2.30. The van der Waals surface area contributed by atoms with Crippen LogP contribution in [0.5, 0.6) is 0 Å². The Balaban J connectivity index is 0.00000576. The van der Waals surface area contributed by atoms with Crippen molar-refractivity contribution in [3.8, 4) is 0 Å². The summed E-state index contributed by atoms with van der Waals surface area (Å²) >= 11 is 0. The third kappa shape index (κ3) is 9.46. The number of aryl methyl sites for hydroxylation is 2. The summed E-state index contributed by atoms with van der Waals surface area (Å²) in [6.07, 6.45) is 1.83.